The molecule has 1 heterocycles. The van der Waals surface area contributed by atoms with Gasteiger partial charge in [-0.1, -0.05) is 23.7 Å². The Morgan fingerprint density at radius 3 is 2.57 bits per heavy atom. The van der Waals surface area contributed by atoms with Gasteiger partial charge in [0, 0.05) is 71.7 Å². The quantitative estimate of drug-likeness (QED) is 0.720. The predicted molar refractivity (Wildman–Crippen MR) is 113 cm³/mol. The third kappa shape index (κ3) is 5.34. The van der Waals surface area contributed by atoms with E-state index in [4.69, 9.17) is 16.3 Å². The second kappa shape index (κ2) is 9.54. The fraction of sp³-hybridized carbons (Fsp3) is 0.381. The molecule has 1 amide bonds. The Hall–Kier alpha value is -1.89. The Bertz CT molecular complexity index is 866. The monoisotopic (exact) mass is 420 g/mol. The highest BCUT2D eigenvalue weighted by atomic mass is 35.5. The summed E-state index contributed by atoms with van der Waals surface area (Å²) in [7, 11) is 0.735. The molecule has 3 rings (SSSR count). The SMILES string of the molecule is COc1ccc(Cl)cc1CN1CCN(C(=O)c2cccc(CS(C)=O)c2)CC1. The van der Waals surface area contributed by atoms with Gasteiger partial charge in [0.25, 0.3) is 5.91 Å². The number of halogens is 1. The third-order valence-corrected chi connectivity index (χ3v) is 5.81. The van der Waals surface area contributed by atoms with Crippen LogP contribution in [0.2, 0.25) is 5.02 Å². The molecule has 1 aliphatic rings. The van der Waals surface area contributed by atoms with E-state index in [1.54, 1.807) is 13.4 Å². The summed E-state index contributed by atoms with van der Waals surface area (Å²) in [6, 6.07) is 13.1. The molecule has 0 N–H and O–H groups in total. The number of nitrogens with zero attached hydrogens (tertiary/aromatic N) is 2. The first kappa shape index (κ1) is 20.8. The maximum Gasteiger partial charge on any atom is 0.253 e. The van der Waals surface area contributed by atoms with Crippen molar-refractivity contribution in [3.05, 3.63) is 64.2 Å². The van der Waals surface area contributed by atoms with Crippen LogP contribution in [0.4, 0.5) is 0 Å². The number of ether oxygens (including phenoxy) is 1. The average molecular weight is 421 g/mol. The van der Waals surface area contributed by atoms with Crippen molar-refractivity contribution in [2.45, 2.75) is 12.3 Å². The summed E-state index contributed by atoms with van der Waals surface area (Å²) in [5.41, 5.74) is 2.64. The van der Waals surface area contributed by atoms with Gasteiger partial charge < -0.3 is 9.64 Å². The van der Waals surface area contributed by atoms with E-state index in [-0.39, 0.29) is 5.91 Å². The Morgan fingerprint density at radius 2 is 1.89 bits per heavy atom. The van der Waals surface area contributed by atoms with Crippen molar-refractivity contribution in [2.24, 2.45) is 0 Å². The molecule has 2 aromatic carbocycles. The highest BCUT2D eigenvalue weighted by molar-refractivity contribution is 7.83. The van der Waals surface area contributed by atoms with E-state index in [1.165, 1.54) is 0 Å². The van der Waals surface area contributed by atoms with Crippen molar-refractivity contribution in [3.8, 4) is 5.75 Å². The summed E-state index contributed by atoms with van der Waals surface area (Å²) in [5, 5.41) is 0.692. The molecule has 0 bridgehead atoms. The highest BCUT2D eigenvalue weighted by Crippen LogP contribution is 2.24. The van der Waals surface area contributed by atoms with E-state index in [1.807, 2.05) is 47.4 Å². The molecular formula is C21H25ClN2O3S. The molecular weight excluding hydrogens is 396 g/mol. The Kier molecular flexibility index (Phi) is 7.10. The van der Waals surface area contributed by atoms with E-state index in [0.29, 0.717) is 29.4 Å². The lowest BCUT2D eigenvalue weighted by atomic mass is 10.1. The Morgan fingerprint density at radius 1 is 1.14 bits per heavy atom. The van der Waals surface area contributed by atoms with Crippen molar-refractivity contribution < 1.29 is 13.7 Å². The van der Waals surface area contributed by atoms with Crippen molar-refractivity contribution >= 4 is 28.3 Å². The van der Waals surface area contributed by atoms with Crippen molar-refractivity contribution in [2.75, 3.05) is 39.5 Å². The van der Waals surface area contributed by atoms with Crippen LogP contribution in [0.3, 0.4) is 0 Å². The number of hydrogen-bond donors (Lipinski definition) is 0. The summed E-state index contributed by atoms with van der Waals surface area (Å²) in [6.45, 7) is 3.67. The second-order valence-electron chi connectivity index (χ2n) is 6.94. The topological polar surface area (TPSA) is 49.9 Å². The van der Waals surface area contributed by atoms with E-state index >= 15 is 0 Å². The van der Waals surface area contributed by atoms with Crippen molar-refractivity contribution in [1.82, 2.24) is 9.80 Å². The molecule has 2 aromatic rings. The summed E-state index contributed by atoms with van der Waals surface area (Å²) in [5.74, 6) is 1.33. The molecule has 0 spiro atoms. The van der Waals surface area contributed by atoms with E-state index in [0.717, 1.165) is 36.5 Å². The average Bonchev–Trinajstić information content (AvgIpc) is 2.68. The Labute approximate surface area is 173 Å². The zero-order valence-electron chi connectivity index (χ0n) is 16.2. The predicted octanol–water partition coefficient (Wildman–Crippen LogP) is 3.19. The highest BCUT2D eigenvalue weighted by Gasteiger charge is 2.23. The number of amides is 1. The van der Waals surface area contributed by atoms with Gasteiger partial charge in [-0.3, -0.25) is 13.9 Å². The molecule has 150 valence electrons. The van der Waals surface area contributed by atoms with E-state index < -0.39 is 10.8 Å². The van der Waals surface area contributed by atoms with Gasteiger partial charge in [0.15, 0.2) is 0 Å². The molecule has 0 radical (unpaired) electrons. The van der Waals surface area contributed by atoms with Gasteiger partial charge in [-0.05, 0) is 35.9 Å². The number of piperazine rings is 1. The van der Waals surface area contributed by atoms with Crippen LogP contribution < -0.4 is 4.74 Å². The van der Waals surface area contributed by atoms with Crippen LogP contribution in [0.25, 0.3) is 0 Å². The van der Waals surface area contributed by atoms with Gasteiger partial charge in [0.2, 0.25) is 0 Å². The summed E-state index contributed by atoms with van der Waals surface area (Å²) in [4.78, 5) is 17.0. The molecule has 0 aliphatic carbocycles. The zero-order valence-corrected chi connectivity index (χ0v) is 17.8. The molecule has 0 saturated carbocycles. The van der Waals surface area contributed by atoms with Crippen LogP contribution >= 0.6 is 11.6 Å². The van der Waals surface area contributed by atoms with Crippen molar-refractivity contribution in [3.63, 3.8) is 0 Å². The smallest absolute Gasteiger partial charge is 0.253 e. The lowest BCUT2D eigenvalue weighted by molar-refractivity contribution is 0.0627. The van der Waals surface area contributed by atoms with Gasteiger partial charge in [-0.25, -0.2) is 0 Å². The van der Waals surface area contributed by atoms with Gasteiger partial charge in [-0.2, -0.15) is 0 Å². The van der Waals surface area contributed by atoms with Gasteiger partial charge in [0.1, 0.15) is 5.75 Å². The lowest BCUT2D eigenvalue weighted by Crippen LogP contribution is -2.48. The molecule has 7 heteroatoms. The first-order chi connectivity index (χ1) is 13.5. The molecule has 28 heavy (non-hydrogen) atoms. The number of hydrogen-bond acceptors (Lipinski definition) is 4. The number of carbonyl (C=O) groups is 1. The van der Waals surface area contributed by atoms with Crippen LogP contribution in [0.5, 0.6) is 5.75 Å². The summed E-state index contributed by atoms with van der Waals surface area (Å²) < 4.78 is 16.9. The molecule has 5 nitrogen and oxygen atoms in total. The summed E-state index contributed by atoms with van der Waals surface area (Å²) >= 11 is 6.12. The Balaban J connectivity index is 1.60. The van der Waals surface area contributed by atoms with Crippen LogP contribution in [0.1, 0.15) is 21.5 Å². The van der Waals surface area contributed by atoms with Gasteiger partial charge in [-0.15, -0.1) is 0 Å². The minimum Gasteiger partial charge on any atom is -0.496 e. The molecule has 1 aliphatic heterocycles. The van der Waals surface area contributed by atoms with Crippen LogP contribution in [-0.2, 0) is 23.1 Å². The van der Waals surface area contributed by atoms with Gasteiger partial charge in [0.05, 0.1) is 7.11 Å². The van der Waals surface area contributed by atoms with E-state index in [9.17, 15) is 9.00 Å². The maximum atomic E-state index is 12.8. The number of rotatable bonds is 6. The minimum atomic E-state index is -0.923. The first-order valence-corrected chi connectivity index (χ1v) is 11.3. The zero-order chi connectivity index (χ0) is 20.1. The fourth-order valence-corrected chi connectivity index (χ4v) is 4.28. The largest absolute Gasteiger partial charge is 0.496 e. The first-order valence-electron chi connectivity index (χ1n) is 9.19. The standard InChI is InChI=1S/C21H25ClN2O3S/c1-27-20-7-6-19(22)13-18(20)14-23-8-10-24(11-9-23)21(25)17-5-3-4-16(12-17)15-28(2)26/h3-7,12-13H,8-11,14-15H2,1-2H3. The number of benzene rings is 2. The molecule has 1 saturated heterocycles. The molecule has 1 fully saturated rings. The number of methoxy groups -OCH3 is 1. The third-order valence-electron chi connectivity index (χ3n) is 4.84. The van der Waals surface area contributed by atoms with Crippen LogP contribution in [-0.4, -0.2) is 59.5 Å². The normalized spacial score (nSPS) is 16.0. The maximum absolute atomic E-state index is 12.8. The molecule has 1 unspecified atom stereocenters. The second-order valence-corrected chi connectivity index (χ2v) is 8.81. The molecule has 1 atom stereocenters. The van der Waals surface area contributed by atoms with Gasteiger partial charge >= 0.3 is 0 Å². The van der Waals surface area contributed by atoms with E-state index in [2.05, 4.69) is 4.90 Å². The van der Waals surface area contributed by atoms with Crippen LogP contribution in [0.15, 0.2) is 42.5 Å². The van der Waals surface area contributed by atoms with Crippen LogP contribution in [0, 0.1) is 0 Å². The summed E-state index contributed by atoms with van der Waals surface area (Å²) in [6.07, 6.45) is 1.67. The minimum absolute atomic E-state index is 0.0312. The molecule has 0 aromatic heterocycles. The lowest BCUT2D eigenvalue weighted by Gasteiger charge is -2.35. The number of carbonyl (C=O) groups excluding carboxylic acids is 1. The fourth-order valence-electron chi connectivity index (χ4n) is 3.43. The van der Waals surface area contributed by atoms with Crippen molar-refractivity contribution in [1.29, 1.82) is 0 Å².